The zero-order valence-electron chi connectivity index (χ0n) is 17.5. The van der Waals surface area contributed by atoms with E-state index in [1.807, 2.05) is 52.0 Å². The first-order valence-corrected chi connectivity index (χ1v) is 11.2. The van der Waals surface area contributed by atoms with Gasteiger partial charge in [0.15, 0.2) is 0 Å². The fraction of sp³-hybridized carbons (Fsp3) is 0.409. The van der Waals surface area contributed by atoms with E-state index in [0.717, 1.165) is 28.5 Å². The molecule has 0 aliphatic heterocycles. The Kier molecular flexibility index (Phi) is 7.01. The molecule has 1 amide bonds. The Morgan fingerprint density at radius 2 is 1.57 bits per heavy atom. The van der Waals surface area contributed by atoms with Crippen LogP contribution in [0.1, 0.15) is 46.3 Å². The van der Waals surface area contributed by atoms with Crippen LogP contribution in [0.3, 0.4) is 0 Å². The zero-order chi connectivity index (χ0) is 21.1. The van der Waals surface area contributed by atoms with E-state index in [2.05, 4.69) is 24.4 Å². The first-order chi connectivity index (χ1) is 13.0. The monoisotopic (exact) mass is 402 g/mol. The molecule has 0 fully saturated rings. The van der Waals surface area contributed by atoms with Crippen LogP contribution in [0.15, 0.2) is 36.4 Å². The number of benzene rings is 2. The van der Waals surface area contributed by atoms with Crippen molar-refractivity contribution >= 4 is 15.9 Å². The standard InChI is InChI=1S/C22H30N2O3S/c1-15-7-9-20(10-8-15)13-24(28(6,26)27)14-22(25)23-19(5)21-12-17(3)16(2)11-18(21)4/h7-12,19H,13-14H2,1-6H3,(H,23,25)/t19-/m0/s1. The summed E-state index contributed by atoms with van der Waals surface area (Å²) < 4.78 is 25.6. The SMILES string of the molecule is Cc1ccc(CN(CC(=O)N[C@@H](C)c2cc(C)c(C)cc2C)S(C)(=O)=O)cc1. The van der Waals surface area contributed by atoms with Crippen LogP contribution in [0, 0.1) is 27.7 Å². The Bertz CT molecular complexity index is 950. The van der Waals surface area contributed by atoms with Gasteiger partial charge in [-0.1, -0.05) is 42.0 Å². The second kappa shape index (κ2) is 8.88. The normalized spacial score (nSPS) is 12.8. The third-order valence-electron chi connectivity index (χ3n) is 4.99. The van der Waals surface area contributed by atoms with Crippen LogP contribution < -0.4 is 5.32 Å². The van der Waals surface area contributed by atoms with Crippen molar-refractivity contribution in [1.82, 2.24) is 9.62 Å². The average molecular weight is 403 g/mol. The molecule has 6 heteroatoms. The van der Waals surface area contributed by atoms with Gasteiger partial charge in [-0.3, -0.25) is 4.79 Å². The number of rotatable bonds is 7. The van der Waals surface area contributed by atoms with Crippen LogP contribution in [-0.4, -0.2) is 31.4 Å². The Balaban J connectivity index is 2.11. The number of carbonyl (C=O) groups excluding carboxylic acids is 1. The predicted octanol–water partition coefficient (Wildman–Crippen LogP) is 3.56. The quantitative estimate of drug-likeness (QED) is 0.770. The van der Waals surface area contributed by atoms with E-state index in [0.29, 0.717) is 0 Å². The Hall–Kier alpha value is -2.18. The van der Waals surface area contributed by atoms with Crippen molar-refractivity contribution in [3.8, 4) is 0 Å². The lowest BCUT2D eigenvalue weighted by Gasteiger charge is -2.22. The van der Waals surface area contributed by atoms with Crippen molar-refractivity contribution in [3.63, 3.8) is 0 Å². The fourth-order valence-electron chi connectivity index (χ4n) is 3.16. The Morgan fingerprint density at radius 3 is 2.14 bits per heavy atom. The molecule has 0 radical (unpaired) electrons. The molecule has 152 valence electrons. The largest absolute Gasteiger partial charge is 0.348 e. The van der Waals surface area contributed by atoms with Crippen LogP contribution in [0.4, 0.5) is 0 Å². The molecule has 1 atom stereocenters. The summed E-state index contributed by atoms with van der Waals surface area (Å²) in [7, 11) is -3.52. The second-order valence-corrected chi connectivity index (χ2v) is 9.58. The van der Waals surface area contributed by atoms with Gasteiger partial charge in [0.25, 0.3) is 0 Å². The smallest absolute Gasteiger partial charge is 0.235 e. The number of amides is 1. The minimum atomic E-state index is -3.52. The summed E-state index contributed by atoms with van der Waals surface area (Å²) in [6, 6.07) is 11.6. The van der Waals surface area contributed by atoms with Crippen molar-refractivity contribution in [2.24, 2.45) is 0 Å². The molecule has 0 unspecified atom stereocenters. The molecule has 2 rings (SSSR count). The molecule has 1 N–H and O–H groups in total. The van der Waals surface area contributed by atoms with Crippen molar-refractivity contribution in [2.45, 2.75) is 47.2 Å². The fourth-order valence-corrected chi connectivity index (χ4v) is 3.90. The molecule has 0 aromatic heterocycles. The molecule has 0 aliphatic carbocycles. The molecular weight excluding hydrogens is 372 g/mol. The number of hydrogen-bond acceptors (Lipinski definition) is 3. The maximum absolute atomic E-state index is 12.6. The van der Waals surface area contributed by atoms with E-state index in [9.17, 15) is 13.2 Å². The molecule has 2 aromatic rings. The summed E-state index contributed by atoms with van der Waals surface area (Å²) in [5.74, 6) is -0.317. The maximum Gasteiger partial charge on any atom is 0.235 e. The van der Waals surface area contributed by atoms with Gasteiger partial charge in [0.05, 0.1) is 18.8 Å². The molecule has 28 heavy (non-hydrogen) atoms. The van der Waals surface area contributed by atoms with Crippen LogP contribution in [0.2, 0.25) is 0 Å². The summed E-state index contributed by atoms with van der Waals surface area (Å²) in [4.78, 5) is 12.6. The zero-order valence-corrected chi connectivity index (χ0v) is 18.4. The number of carbonyl (C=O) groups is 1. The topological polar surface area (TPSA) is 66.5 Å². The number of nitrogens with zero attached hydrogens (tertiary/aromatic N) is 1. The van der Waals surface area contributed by atoms with Gasteiger partial charge in [0.2, 0.25) is 15.9 Å². The van der Waals surface area contributed by atoms with Gasteiger partial charge >= 0.3 is 0 Å². The summed E-state index contributed by atoms with van der Waals surface area (Å²) in [5, 5.41) is 2.94. The number of hydrogen-bond donors (Lipinski definition) is 1. The third kappa shape index (κ3) is 5.91. The van der Waals surface area contributed by atoms with E-state index >= 15 is 0 Å². The molecule has 0 saturated carbocycles. The van der Waals surface area contributed by atoms with E-state index in [1.165, 1.54) is 15.4 Å². The Labute approximate surface area is 168 Å². The lowest BCUT2D eigenvalue weighted by molar-refractivity contribution is -0.122. The highest BCUT2D eigenvalue weighted by Crippen LogP contribution is 2.21. The summed E-state index contributed by atoms with van der Waals surface area (Å²) in [6.07, 6.45) is 1.13. The number of aryl methyl sites for hydroxylation is 4. The molecule has 0 saturated heterocycles. The molecule has 0 bridgehead atoms. The lowest BCUT2D eigenvalue weighted by atomic mass is 9.96. The van der Waals surface area contributed by atoms with Crippen LogP contribution in [0.25, 0.3) is 0 Å². The van der Waals surface area contributed by atoms with Gasteiger partial charge in [0.1, 0.15) is 0 Å². The highest BCUT2D eigenvalue weighted by molar-refractivity contribution is 7.88. The summed E-state index contributed by atoms with van der Waals surface area (Å²) >= 11 is 0. The summed E-state index contributed by atoms with van der Waals surface area (Å²) in [6.45, 7) is 9.97. The highest BCUT2D eigenvalue weighted by atomic mass is 32.2. The van der Waals surface area contributed by atoms with Crippen LogP contribution in [-0.2, 0) is 21.4 Å². The van der Waals surface area contributed by atoms with E-state index in [4.69, 9.17) is 0 Å². The van der Waals surface area contributed by atoms with E-state index in [-0.39, 0.29) is 25.0 Å². The first kappa shape index (κ1) is 22.1. The number of nitrogens with one attached hydrogen (secondary N) is 1. The third-order valence-corrected chi connectivity index (χ3v) is 6.19. The van der Waals surface area contributed by atoms with Crippen LogP contribution >= 0.6 is 0 Å². The molecule has 0 spiro atoms. The molecule has 2 aromatic carbocycles. The van der Waals surface area contributed by atoms with E-state index in [1.54, 1.807) is 0 Å². The molecule has 5 nitrogen and oxygen atoms in total. The van der Waals surface area contributed by atoms with Gasteiger partial charge in [-0.15, -0.1) is 0 Å². The van der Waals surface area contributed by atoms with E-state index < -0.39 is 10.0 Å². The van der Waals surface area contributed by atoms with Crippen molar-refractivity contribution in [3.05, 3.63) is 69.8 Å². The summed E-state index contributed by atoms with van der Waals surface area (Å²) in [5.41, 5.74) is 6.48. The molecule has 0 aliphatic rings. The maximum atomic E-state index is 12.6. The highest BCUT2D eigenvalue weighted by Gasteiger charge is 2.22. The van der Waals surface area contributed by atoms with Crippen molar-refractivity contribution < 1.29 is 13.2 Å². The van der Waals surface area contributed by atoms with Gasteiger partial charge in [0, 0.05) is 6.54 Å². The van der Waals surface area contributed by atoms with Gasteiger partial charge in [-0.2, -0.15) is 4.31 Å². The lowest BCUT2D eigenvalue weighted by Crippen LogP contribution is -2.40. The Morgan fingerprint density at radius 1 is 1.00 bits per heavy atom. The first-order valence-electron chi connectivity index (χ1n) is 9.35. The second-order valence-electron chi connectivity index (χ2n) is 7.60. The van der Waals surface area contributed by atoms with Gasteiger partial charge in [-0.05, 0) is 62.4 Å². The van der Waals surface area contributed by atoms with Gasteiger partial charge in [-0.25, -0.2) is 8.42 Å². The average Bonchev–Trinajstić information content (AvgIpc) is 2.58. The minimum absolute atomic E-state index is 0.170. The predicted molar refractivity (Wildman–Crippen MR) is 114 cm³/mol. The molecule has 0 heterocycles. The minimum Gasteiger partial charge on any atom is -0.348 e. The molecular formula is C22H30N2O3S. The van der Waals surface area contributed by atoms with Crippen molar-refractivity contribution in [2.75, 3.05) is 12.8 Å². The van der Waals surface area contributed by atoms with Crippen molar-refractivity contribution in [1.29, 1.82) is 0 Å². The van der Waals surface area contributed by atoms with Crippen LogP contribution in [0.5, 0.6) is 0 Å². The number of sulfonamides is 1. The van der Waals surface area contributed by atoms with Gasteiger partial charge < -0.3 is 5.32 Å².